The van der Waals surface area contributed by atoms with E-state index in [2.05, 4.69) is 5.43 Å². The molecule has 152 valence electrons. The van der Waals surface area contributed by atoms with E-state index in [0.29, 0.717) is 29.8 Å². The molecule has 5 nitrogen and oxygen atoms in total. The lowest BCUT2D eigenvalue weighted by atomic mass is 10.0. The molecule has 6 heteroatoms. The molecule has 0 aromatic heterocycles. The van der Waals surface area contributed by atoms with E-state index >= 15 is 0 Å². The highest BCUT2D eigenvalue weighted by atomic mass is 35.5. The summed E-state index contributed by atoms with van der Waals surface area (Å²) in [5.74, 6) is 2.07. The van der Waals surface area contributed by atoms with Gasteiger partial charge in [0.1, 0.15) is 5.71 Å². The van der Waals surface area contributed by atoms with Crippen LogP contribution in [0.15, 0.2) is 76.8 Å². The molecule has 0 spiro atoms. The maximum atomic E-state index is 6.03. The Morgan fingerprint density at radius 2 is 1.53 bits per heavy atom. The highest BCUT2D eigenvalue weighted by Crippen LogP contribution is 2.32. The van der Waals surface area contributed by atoms with Crippen molar-refractivity contribution in [3.8, 4) is 11.5 Å². The minimum absolute atomic E-state index is 0.550. The Morgan fingerprint density at radius 3 is 2.30 bits per heavy atom. The van der Waals surface area contributed by atoms with Crippen molar-refractivity contribution in [3.63, 3.8) is 0 Å². The Bertz CT molecular complexity index is 1110. The molecule has 0 atom stereocenters. The van der Waals surface area contributed by atoms with Crippen LogP contribution in [0.3, 0.4) is 0 Å². The van der Waals surface area contributed by atoms with Crippen molar-refractivity contribution < 1.29 is 9.47 Å². The fraction of sp³-hybridized carbons (Fsp3) is 0.167. The first kappa shape index (κ1) is 20.0. The molecule has 0 amide bonds. The Kier molecular flexibility index (Phi) is 6.00. The molecule has 3 aromatic carbocycles. The van der Waals surface area contributed by atoms with Gasteiger partial charge in [-0.3, -0.25) is 5.43 Å². The maximum absolute atomic E-state index is 6.03. The summed E-state index contributed by atoms with van der Waals surface area (Å²) >= 11 is 6.03. The fourth-order valence-electron chi connectivity index (χ4n) is 3.24. The number of amidine groups is 1. The second-order valence-corrected chi connectivity index (χ2v) is 7.02. The van der Waals surface area contributed by atoms with E-state index in [1.807, 2.05) is 80.6 Å². The van der Waals surface area contributed by atoms with Crippen LogP contribution in [0, 0.1) is 0 Å². The lowest BCUT2D eigenvalue weighted by Crippen LogP contribution is -2.19. The van der Waals surface area contributed by atoms with E-state index < -0.39 is 0 Å². The molecule has 30 heavy (non-hydrogen) atoms. The Hall–Kier alpha value is -3.31. The average Bonchev–Trinajstić information content (AvgIpc) is 2.96. The number of aliphatic imine (C=N–C) groups is 1. The first-order valence-corrected chi connectivity index (χ1v) is 10.2. The first-order chi connectivity index (χ1) is 14.7. The number of hydrogen-bond acceptors (Lipinski definition) is 5. The van der Waals surface area contributed by atoms with E-state index in [1.54, 1.807) is 0 Å². The second-order valence-electron chi connectivity index (χ2n) is 6.58. The molecule has 0 saturated carbocycles. The fourth-order valence-corrected chi connectivity index (χ4v) is 3.37. The molecular formula is C24H22ClN3O2. The largest absolute Gasteiger partial charge is 0.490 e. The van der Waals surface area contributed by atoms with Crippen LogP contribution in [0.4, 0.5) is 5.69 Å². The lowest BCUT2D eigenvalue weighted by Gasteiger charge is -2.14. The van der Waals surface area contributed by atoms with Crippen LogP contribution in [0.1, 0.15) is 30.5 Å². The van der Waals surface area contributed by atoms with Gasteiger partial charge in [-0.2, -0.15) is 5.10 Å². The van der Waals surface area contributed by atoms with Crippen molar-refractivity contribution >= 4 is 28.8 Å². The summed E-state index contributed by atoms with van der Waals surface area (Å²) in [6, 6.07) is 21.3. The summed E-state index contributed by atoms with van der Waals surface area (Å²) in [4.78, 5) is 4.81. The highest BCUT2D eigenvalue weighted by Gasteiger charge is 2.18. The van der Waals surface area contributed by atoms with Crippen LogP contribution in [0.5, 0.6) is 11.5 Å². The number of ether oxygens (including phenoxy) is 2. The molecule has 1 aliphatic heterocycles. The molecule has 1 aliphatic rings. The molecule has 0 unspecified atom stereocenters. The summed E-state index contributed by atoms with van der Waals surface area (Å²) < 4.78 is 11.5. The molecule has 0 bridgehead atoms. The quantitative estimate of drug-likeness (QED) is 0.568. The Morgan fingerprint density at radius 1 is 0.833 bits per heavy atom. The van der Waals surface area contributed by atoms with Gasteiger partial charge in [-0.1, -0.05) is 29.8 Å². The molecule has 1 N–H and O–H groups in total. The molecule has 4 rings (SSSR count). The zero-order valence-corrected chi connectivity index (χ0v) is 17.6. The number of hydrogen-bond donors (Lipinski definition) is 1. The van der Waals surface area contributed by atoms with Gasteiger partial charge in [-0.15, -0.1) is 0 Å². The van der Waals surface area contributed by atoms with Gasteiger partial charge in [0.05, 0.1) is 18.9 Å². The molecule has 0 saturated heterocycles. The zero-order valence-electron chi connectivity index (χ0n) is 16.9. The SMILES string of the molecule is CCOc1ccc(C2=NNC(c3ccc(Cl)cc3)=Nc3ccccc32)cc1OCC. The third-order valence-corrected chi connectivity index (χ3v) is 4.85. The molecule has 3 aromatic rings. The molecule has 0 aliphatic carbocycles. The third-order valence-electron chi connectivity index (χ3n) is 4.60. The van der Waals surface area contributed by atoms with Gasteiger partial charge in [-0.25, -0.2) is 4.99 Å². The first-order valence-electron chi connectivity index (χ1n) is 9.87. The zero-order chi connectivity index (χ0) is 20.9. The van der Waals surface area contributed by atoms with Gasteiger partial charge in [0, 0.05) is 21.7 Å². The number of hydrazone groups is 1. The second kappa shape index (κ2) is 9.01. The van der Waals surface area contributed by atoms with Crippen LogP contribution in [-0.4, -0.2) is 24.8 Å². The van der Waals surface area contributed by atoms with E-state index in [-0.39, 0.29) is 0 Å². The Labute approximate surface area is 181 Å². The molecule has 0 radical (unpaired) electrons. The molecule has 1 heterocycles. The number of benzene rings is 3. The average molecular weight is 420 g/mol. The molecular weight excluding hydrogens is 398 g/mol. The van der Waals surface area contributed by atoms with E-state index in [0.717, 1.165) is 33.8 Å². The van der Waals surface area contributed by atoms with Crippen LogP contribution in [0.2, 0.25) is 5.02 Å². The number of fused-ring (bicyclic) bond motifs is 1. The number of rotatable bonds is 6. The van der Waals surface area contributed by atoms with Gasteiger partial charge in [0.25, 0.3) is 0 Å². The van der Waals surface area contributed by atoms with Crippen molar-refractivity contribution in [2.45, 2.75) is 13.8 Å². The number of nitrogens with zero attached hydrogens (tertiary/aromatic N) is 2. The number of halogens is 1. The predicted octanol–water partition coefficient (Wildman–Crippen LogP) is 5.57. The summed E-state index contributed by atoms with van der Waals surface area (Å²) in [7, 11) is 0. The van der Waals surface area contributed by atoms with Gasteiger partial charge in [0.15, 0.2) is 17.3 Å². The van der Waals surface area contributed by atoms with Crippen molar-refractivity contribution in [2.24, 2.45) is 10.1 Å². The molecule has 0 fully saturated rings. The van der Waals surface area contributed by atoms with E-state index in [4.69, 9.17) is 31.2 Å². The summed E-state index contributed by atoms with van der Waals surface area (Å²) in [5, 5.41) is 5.37. The summed E-state index contributed by atoms with van der Waals surface area (Å²) in [6.45, 7) is 5.03. The van der Waals surface area contributed by atoms with Crippen LogP contribution in [0.25, 0.3) is 0 Å². The van der Waals surface area contributed by atoms with Gasteiger partial charge < -0.3 is 9.47 Å². The van der Waals surface area contributed by atoms with Crippen molar-refractivity contribution in [1.29, 1.82) is 0 Å². The smallest absolute Gasteiger partial charge is 0.161 e. The third kappa shape index (κ3) is 4.16. The van der Waals surface area contributed by atoms with Gasteiger partial charge in [-0.05, 0) is 62.4 Å². The van der Waals surface area contributed by atoms with Crippen molar-refractivity contribution in [2.75, 3.05) is 13.2 Å². The predicted molar refractivity (Wildman–Crippen MR) is 122 cm³/mol. The number of nitrogens with one attached hydrogen (secondary N) is 1. The standard InChI is InChI=1S/C24H22ClN3O2/c1-3-29-21-14-11-17(15-22(21)30-4-2)23-19-7-5-6-8-20(19)26-24(28-27-23)16-9-12-18(25)13-10-16/h5-15H,3-4H2,1-2H3,(H,26,28). The lowest BCUT2D eigenvalue weighted by molar-refractivity contribution is 0.287. The topological polar surface area (TPSA) is 55.2 Å². The van der Waals surface area contributed by atoms with Crippen LogP contribution in [-0.2, 0) is 0 Å². The maximum Gasteiger partial charge on any atom is 0.161 e. The monoisotopic (exact) mass is 419 g/mol. The summed E-state index contributed by atoms with van der Waals surface area (Å²) in [5.41, 5.74) is 7.48. The van der Waals surface area contributed by atoms with E-state index in [1.165, 1.54) is 0 Å². The van der Waals surface area contributed by atoms with Crippen LogP contribution < -0.4 is 14.9 Å². The minimum atomic E-state index is 0.550. The minimum Gasteiger partial charge on any atom is -0.490 e. The normalized spacial score (nSPS) is 12.8. The number of para-hydroxylation sites is 1. The van der Waals surface area contributed by atoms with E-state index in [9.17, 15) is 0 Å². The van der Waals surface area contributed by atoms with Crippen molar-refractivity contribution in [3.05, 3.63) is 88.4 Å². The summed E-state index contributed by atoms with van der Waals surface area (Å²) in [6.07, 6.45) is 0. The highest BCUT2D eigenvalue weighted by molar-refractivity contribution is 6.30. The van der Waals surface area contributed by atoms with Gasteiger partial charge in [0.2, 0.25) is 0 Å². The van der Waals surface area contributed by atoms with Crippen molar-refractivity contribution in [1.82, 2.24) is 5.43 Å². The Balaban J connectivity index is 1.78. The van der Waals surface area contributed by atoms with Crippen LogP contribution >= 0.6 is 11.6 Å². The van der Waals surface area contributed by atoms with Gasteiger partial charge >= 0.3 is 0 Å².